The minimum absolute atomic E-state index is 0.394. The molecule has 0 aliphatic rings. The van der Waals surface area contributed by atoms with Crippen LogP contribution in [0.2, 0.25) is 0 Å². The molecule has 2 N–H and O–H groups in total. The highest BCUT2D eigenvalue weighted by Gasteiger charge is 2.26. The summed E-state index contributed by atoms with van der Waals surface area (Å²) in [5, 5.41) is 8.18. The van der Waals surface area contributed by atoms with Crippen molar-refractivity contribution >= 4 is 11.6 Å². The molecule has 1 aromatic heterocycles. The first-order chi connectivity index (χ1) is 7.37. The van der Waals surface area contributed by atoms with E-state index in [-0.39, 0.29) is 0 Å². The Morgan fingerprint density at radius 3 is 2.75 bits per heavy atom. The van der Waals surface area contributed by atoms with E-state index in [1.54, 1.807) is 13.2 Å². The summed E-state index contributed by atoms with van der Waals surface area (Å²) >= 11 is 0. The summed E-state index contributed by atoms with van der Waals surface area (Å²) in [6, 6.07) is 0. The van der Waals surface area contributed by atoms with Crippen molar-refractivity contribution in [3.8, 4) is 0 Å². The van der Waals surface area contributed by atoms with Crippen LogP contribution in [0.3, 0.4) is 0 Å². The second-order valence-electron chi connectivity index (χ2n) is 3.17. The van der Waals surface area contributed by atoms with Crippen molar-refractivity contribution in [2.24, 2.45) is 7.05 Å². The van der Waals surface area contributed by atoms with E-state index >= 15 is 0 Å². The first kappa shape index (κ1) is 12.5. The van der Waals surface area contributed by atoms with Crippen molar-refractivity contribution in [3.63, 3.8) is 0 Å². The number of nitrogens with zero attached hydrogens (tertiary/aromatic N) is 2. The molecule has 8 heteroatoms. The van der Waals surface area contributed by atoms with Crippen LogP contribution in [0.5, 0.6) is 0 Å². The average molecular weight is 236 g/mol. The minimum Gasteiger partial charge on any atom is -0.322 e. The molecule has 0 aliphatic carbocycles. The van der Waals surface area contributed by atoms with Crippen molar-refractivity contribution in [2.75, 3.05) is 18.4 Å². The Morgan fingerprint density at radius 1 is 1.56 bits per heavy atom. The molecule has 90 valence electrons. The van der Waals surface area contributed by atoms with Gasteiger partial charge in [-0.3, -0.25) is 9.48 Å². The number of hydrogen-bond donors (Lipinski definition) is 2. The molecule has 0 bridgehead atoms. The molecule has 0 spiro atoms. The molecule has 1 heterocycles. The van der Waals surface area contributed by atoms with Crippen LogP contribution >= 0.6 is 0 Å². The predicted octanol–water partition coefficient (Wildman–Crippen LogP) is 0.510. The molecule has 0 radical (unpaired) electrons. The lowest BCUT2D eigenvalue weighted by atomic mass is 10.5. The fourth-order valence-corrected chi connectivity index (χ4v) is 1.01. The Kier molecular flexibility index (Phi) is 3.88. The molecule has 0 aromatic carbocycles. The number of aryl methyl sites for hydroxylation is 1. The summed E-state index contributed by atoms with van der Waals surface area (Å²) < 4.78 is 36.7. The maximum absolute atomic E-state index is 11.7. The van der Waals surface area contributed by atoms with Crippen molar-refractivity contribution in [3.05, 3.63) is 12.4 Å². The minimum atomic E-state index is -4.31. The van der Waals surface area contributed by atoms with E-state index in [4.69, 9.17) is 0 Å². The van der Waals surface area contributed by atoms with Crippen LogP contribution < -0.4 is 10.6 Å². The van der Waals surface area contributed by atoms with Gasteiger partial charge < -0.3 is 10.6 Å². The molecular weight excluding hydrogens is 225 g/mol. The van der Waals surface area contributed by atoms with E-state index in [1.807, 2.05) is 5.32 Å². The van der Waals surface area contributed by atoms with Gasteiger partial charge in [-0.2, -0.15) is 18.3 Å². The molecule has 1 amide bonds. The second-order valence-corrected chi connectivity index (χ2v) is 3.17. The van der Waals surface area contributed by atoms with E-state index in [9.17, 15) is 18.0 Å². The van der Waals surface area contributed by atoms with E-state index in [1.165, 1.54) is 10.9 Å². The largest absolute Gasteiger partial charge is 0.401 e. The highest BCUT2D eigenvalue weighted by Crippen LogP contribution is 2.11. The quantitative estimate of drug-likeness (QED) is 0.800. The Morgan fingerprint density at radius 2 is 2.25 bits per heavy atom. The normalized spacial score (nSPS) is 11.5. The third-order valence-corrected chi connectivity index (χ3v) is 1.60. The lowest BCUT2D eigenvalue weighted by Gasteiger charge is -2.07. The average Bonchev–Trinajstić information content (AvgIpc) is 2.48. The van der Waals surface area contributed by atoms with Crippen LogP contribution in [0, 0.1) is 0 Å². The summed E-state index contributed by atoms with van der Waals surface area (Å²) in [4.78, 5) is 11.1. The van der Waals surface area contributed by atoms with Crippen molar-refractivity contribution in [1.82, 2.24) is 15.1 Å². The third-order valence-electron chi connectivity index (χ3n) is 1.60. The number of alkyl halides is 3. The SMILES string of the molecule is Cn1cc(NC(=O)CNCC(F)(F)F)cn1. The highest BCUT2D eigenvalue weighted by atomic mass is 19.4. The number of rotatable bonds is 4. The van der Waals surface area contributed by atoms with Gasteiger partial charge in [0.25, 0.3) is 0 Å². The summed E-state index contributed by atoms with van der Waals surface area (Å²) in [6.45, 7) is -1.58. The fraction of sp³-hybridized carbons (Fsp3) is 0.500. The van der Waals surface area contributed by atoms with Crippen LogP contribution in [-0.4, -0.2) is 35.0 Å². The van der Waals surface area contributed by atoms with Crippen LogP contribution in [0.15, 0.2) is 12.4 Å². The van der Waals surface area contributed by atoms with E-state index in [2.05, 4.69) is 10.4 Å². The number of carbonyl (C=O) groups is 1. The van der Waals surface area contributed by atoms with Gasteiger partial charge in [0.2, 0.25) is 5.91 Å². The lowest BCUT2D eigenvalue weighted by Crippen LogP contribution is -2.35. The number of halogens is 3. The van der Waals surface area contributed by atoms with Crippen molar-refractivity contribution < 1.29 is 18.0 Å². The zero-order chi connectivity index (χ0) is 12.2. The summed E-state index contributed by atoms with van der Waals surface area (Å²) in [5.74, 6) is -0.544. The van der Waals surface area contributed by atoms with Crippen LogP contribution in [0.25, 0.3) is 0 Å². The van der Waals surface area contributed by atoms with Crippen LogP contribution in [-0.2, 0) is 11.8 Å². The molecule has 0 atom stereocenters. The number of hydrogen-bond acceptors (Lipinski definition) is 3. The predicted molar refractivity (Wildman–Crippen MR) is 50.8 cm³/mol. The molecule has 1 rings (SSSR count). The number of amides is 1. The van der Waals surface area contributed by atoms with Gasteiger partial charge in [-0.25, -0.2) is 0 Å². The molecule has 0 saturated heterocycles. The third kappa shape index (κ3) is 4.78. The van der Waals surface area contributed by atoms with Gasteiger partial charge in [0.15, 0.2) is 0 Å². The zero-order valence-corrected chi connectivity index (χ0v) is 8.51. The topological polar surface area (TPSA) is 59.0 Å². The monoisotopic (exact) mass is 236 g/mol. The molecule has 1 aromatic rings. The number of nitrogens with one attached hydrogen (secondary N) is 2. The van der Waals surface area contributed by atoms with Gasteiger partial charge in [0.05, 0.1) is 25.0 Å². The Bertz CT molecular complexity index is 360. The lowest BCUT2D eigenvalue weighted by molar-refractivity contribution is -0.126. The summed E-state index contributed by atoms with van der Waals surface area (Å²) in [7, 11) is 1.66. The maximum atomic E-state index is 11.7. The summed E-state index contributed by atoms with van der Waals surface area (Å²) in [5.41, 5.74) is 0.446. The Labute approximate surface area is 89.6 Å². The van der Waals surface area contributed by atoms with E-state index in [0.717, 1.165) is 0 Å². The van der Waals surface area contributed by atoms with Crippen molar-refractivity contribution in [2.45, 2.75) is 6.18 Å². The molecule has 0 aliphatic heterocycles. The molecule has 0 saturated carbocycles. The van der Waals surface area contributed by atoms with Gasteiger partial charge in [0.1, 0.15) is 0 Å². The number of aromatic nitrogens is 2. The van der Waals surface area contributed by atoms with Gasteiger partial charge in [0, 0.05) is 13.2 Å². The van der Waals surface area contributed by atoms with Gasteiger partial charge in [-0.15, -0.1) is 0 Å². The molecule has 0 unspecified atom stereocenters. The highest BCUT2D eigenvalue weighted by molar-refractivity contribution is 5.91. The molecule has 5 nitrogen and oxygen atoms in total. The van der Waals surface area contributed by atoms with Crippen LogP contribution in [0.4, 0.5) is 18.9 Å². The second kappa shape index (κ2) is 4.97. The Hall–Kier alpha value is -1.57. The van der Waals surface area contributed by atoms with Crippen molar-refractivity contribution in [1.29, 1.82) is 0 Å². The zero-order valence-electron chi connectivity index (χ0n) is 8.51. The summed E-state index contributed by atoms with van der Waals surface area (Å²) in [6.07, 6.45) is -1.36. The maximum Gasteiger partial charge on any atom is 0.401 e. The first-order valence-electron chi connectivity index (χ1n) is 4.43. The fourth-order valence-electron chi connectivity index (χ4n) is 1.01. The first-order valence-corrected chi connectivity index (χ1v) is 4.43. The van der Waals surface area contributed by atoms with Crippen LogP contribution in [0.1, 0.15) is 0 Å². The van der Waals surface area contributed by atoms with Gasteiger partial charge in [-0.1, -0.05) is 0 Å². The molecule has 0 fully saturated rings. The Balaban J connectivity index is 2.26. The van der Waals surface area contributed by atoms with Gasteiger partial charge >= 0.3 is 6.18 Å². The molecular formula is C8H11F3N4O. The standard InChI is InChI=1S/C8H11F3N4O/c1-15-4-6(2-13-15)14-7(16)3-12-5-8(9,10)11/h2,4,12H,3,5H2,1H3,(H,14,16). The smallest absolute Gasteiger partial charge is 0.322 e. The van der Waals surface area contributed by atoms with Gasteiger partial charge in [-0.05, 0) is 0 Å². The number of carbonyl (C=O) groups excluding carboxylic acids is 1. The van der Waals surface area contributed by atoms with E-state index in [0.29, 0.717) is 5.69 Å². The number of anilines is 1. The molecule has 16 heavy (non-hydrogen) atoms. The van der Waals surface area contributed by atoms with E-state index < -0.39 is 25.2 Å².